The van der Waals surface area contributed by atoms with E-state index in [1.54, 1.807) is 0 Å². The van der Waals surface area contributed by atoms with Crippen molar-refractivity contribution in [2.24, 2.45) is 0 Å². The highest BCUT2D eigenvalue weighted by atomic mass is 16.6. The number of rotatable bonds is 61. The van der Waals surface area contributed by atoms with Crippen LogP contribution in [0.15, 0.2) is 24.3 Å². The highest BCUT2D eigenvalue weighted by Gasteiger charge is 2.16. The normalized spacial score (nSPS) is 12.2. The van der Waals surface area contributed by atoms with Crippen LogP contribution in [0.5, 0.6) is 0 Å². The Bertz CT molecular complexity index is 1080. The topological polar surface area (TPSA) is 72.8 Å². The van der Waals surface area contributed by atoms with E-state index in [1.165, 1.54) is 302 Å². The molecule has 0 aromatic heterocycles. The van der Waals surface area contributed by atoms with Crippen molar-refractivity contribution in [2.45, 2.75) is 373 Å². The van der Waals surface area contributed by atoms with Crippen molar-refractivity contribution in [3.63, 3.8) is 0 Å². The Morgan fingerprint density at radius 2 is 0.563 bits per heavy atom. The van der Waals surface area contributed by atoms with Crippen LogP contribution in [-0.2, 0) is 19.1 Å². The quantitative estimate of drug-likeness (QED) is 0.0373. The molecule has 0 aliphatic heterocycles. The van der Waals surface area contributed by atoms with Crippen molar-refractivity contribution in [1.82, 2.24) is 0 Å². The van der Waals surface area contributed by atoms with Crippen LogP contribution in [0.4, 0.5) is 0 Å². The molecule has 1 N–H and O–H groups in total. The summed E-state index contributed by atoms with van der Waals surface area (Å²) >= 11 is 0. The standard InChI is InChI=1S/C66H126O5/c1-3-5-7-9-11-13-15-17-19-21-23-24-25-26-27-28-29-30-31-32-33-34-35-36-37-38-39-40-41-42-43-45-47-49-51-53-55-57-59-61-66(69)71-64(62-67)63-70-65(68)60-58-56-54-52-50-48-46-44-22-20-18-16-14-12-10-8-6-4-2/h15,17,21,23,64,67H,3-14,16,18-20,22,24-63H2,1-2H3/b17-15-,23-21-. The van der Waals surface area contributed by atoms with E-state index in [2.05, 4.69) is 38.2 Å². The van der Waals surface area contributed by atoms with Crippen molar-refractivity contribution < 1.29 is 24.2 Å². The van der Waals surface area contributed by atoms with Gasteiger partial charge in [0.1, 0.15) is 6.61 Å². The third kappa shape index (κ3) is 60.8. The molecule has 1 unspecified atom stereocenters. The summed E-state index contributed by atoms with van der Waals surface area (Å²) in [4.78, 5) is 24.5. The van der Waals surface area contributed by atoms with Crippen LogP contribution in [0.2, 0.25) is 0 Å². The molecule has 0 aliphatic rings. The monoisotopic (exact) mass is 999 g/mol. The minimum absolute atomic E-state index is 0.0572. The third-order valence-corrected chi connectivity index (χ3v) is 15.0. The lowest BCUT2D eigenvalue weighted by Crippen LogP contribution is -2.28. The second-order valence-electron chi connectivity index (χ2n) is 22.2. The van der Waals surface area contributed by atoms with E-state index in [-0.39, 0.29) is 25.2 Å². The molecule has 0 aromatic rings. The number of ether oxygens (including phenoxy) is 2. The van der Waals surface area contributed by atoms with Gasteiger partial charge in [0.2, 0.25) is 0 Å². The Balaban J connectivity index is 3.35. The predicted molar refractivity (Wildman–Crippen MR) is 311 cm³/mol. The molecule has 0 rings (SSSR count). The Morgan fingerprint density at radius 3 is 0.831 bits per heavy atom. The van der Waals surface area contributed by atoms with E-state index in [4.69, 9.17) is 9.47 Å². The zero-order valence-electron chi connectivity index (χ0n) is 48.3. The van der Waals surface area contributed by atoms with Crippen LogP contribution in [0.3, 0.4) is 0 Å². The van der Waals surface area contributed by atoms with E-state index < -0.39 is 6.10 Å². The van der Waals surface area contributed by atoms with Gasteiger partial charge in [-0.05, 0) is 44.9 Å². The molecular weight excluding hydrogens is 873 g/mol. The highest BCUT2D eigenvalue weighted by molar-refractivity contribution is 5.70. The highest BCUT2D eigenvalue weighted by Crippen LogP contribution is 2.19. The number of allylic oxidation sites excluding steroid dienone is 4. The summed E-state index contributed by atoms with van der Waals surface area (Å²) in [5.41, 5.74) is 0. The number of hydrogen-bond donors (Lipinski definition) is 1. The van der Waals surface area contributed by atoms with Gasteiger partial charge in [-0.1, -0.05) is 334 Å². The molecule has 5 nitrogen and oxygen atoms in total. The van der Waals surface area contributed by atoms with Gasteiger partial charge in [-0.3, -0.25) is 9.59 Å². The van der Waals surface area contributed by atoms with Crippen LogP contribution in [-0.4, -0.2) is 36.4 Å². The molecule has 5 heteroatoms. The average molecular weight is 1000 g/mol. The molecule has 0 spiro atoms. The van der Waals surface area contributed by atoms with Crippen LogP contribution >= 0.6 is 0 Å². The van der Waals surface area contributed by atoms with Crippen molar-refractivity contribution in [1.29, 1.82) is 0 Å². The van der Waals surface area contributed by atoms with E-state index in [0.29, 0.717) is 12.8 Å². The van der Waals surface area contributed by atoms with Crippen molar-refractivity contribution in [3.8, 4) is 0 Å². The number of carbonyl (C=O) groups excluding carboxylic acids is 2. The van der Waals surface area contributed by atoms with Crippen LogP contribution in [0.25, 0.3) is 0 Å². The summed E-state index contributed by atoms with van der Waals surface area (Å²) in [5.74, 6) is -0.565. The Hall–Kier alpha value is -1.62. The number of esters is 2. The van der Waals surface area contributed by atoms with Gasteiger partial charge in [0.05, 0.1) is 6.61 Å². The molecule has 0 fully saturated rings. The van der Waals surface area contributed by atoms with E-state index >= 15 is 0 Å². The molecular formula is C66H126O5. The third-order valence-electron chi connectivity index (χ3n) is 15.0. The van der Waals surface area contributed by atoms with Gasteiger partial charge in [0, 0.05) is 12.8 Å². The van der Waals surface area contributed by atoms with Gasteiger partial charge in [-0.25, -0.2) is 0 Å². The first-order chi connectivity index (χ1) is 35.1. The van der Waals surface area contributed by atoms with Gasteiger partial charge in [-0.15, -0.1) is 0 Å². The van der Waals surface area contributed by atoms with Gasteiger partial charge in [0.15, 0.2) is 6.10 Å². The molecule has 0 saturated heterocycles. The lowest BCUT2D eigenvalue weighted by Gasteiger charge is -2.15. The molecule has 0 radical (unpaired) electrons. The van der Waals surface area contributed by atoms with Crippen molar-refractivity contribution >= 4 is 11.9 Å². The summed E-state index contributed by atoms with van der Waals surface area (Å²) < 4.78 is 10.7. The van der Waals surface area contributed by atoms with Crippen LogP contribution < -0.4 is 0 Å². The first kappa shape index (κ1) is 69.4. The number of unbranched alkanes of at least 4 members (excludes halogenated alkanes) is 49. The molecule has 0 heterocycles. The maximum absolute atomic E-state index is 12.3. The molecule has 420 valence electrons. The van der Waals surface area contributed by atoms with Crippen LogP contribution in [0, 0.1) is 0 Å². The fourth-order valence-corrected chi connectivity index (χ4v) is 10.1. The minimum Gasteiger partial charge on any atom is -0.462 e. The molecule has 0 bridgehead atoms. The fraction of sp³-hybridized carbons (Fsp3) is 0.909. The first-order valence-corrected chi connectivity index (χ1v) is 32.4. The number of aliphatic hydroxyl groups excluding tert-OH is 1. The average Bonchev–Trinajstić information content (AvgIpc) is 3.37. The SMILES string of the molecule is CCCCCCC/C=C\C/C=C\CCCCCCCCCCCCCCCCCCCCCCCCCCCCCC(=O)OC(CO)COC(=O)CCCCCCCCCCCCCCCCCCCC. The number of hydrogen-bond acceptors (Lipinski definition) is 5. The van der Waals surface area contributed by atoms with Crippen LogP contribution in [0.1, 0.15) is 367 Å². The summed E-state index contributed by atoms with van der Waals surface area (Å²) in [6, 6.07) is 0. The second kappa shape index (κ2) is 62.7. The lowest BCUT2D eigenvalue weighted by atomic mass is 10.0. The van der Waals surface area contributed by atoms with E-state index in [0.717, 1.165) is 38.5 Å². The molecule has 0 saturated carbocycles. The molecule has 0 amide bonds. The summed E-state index contributed by atoms with van der Waals surface area (Å²) in [7, 11) is 0. The summed E-state index contributed by atoms with van der Waals surface area (Å²) in [6.07, 6.45) is 80.6. The van der Waals surface area contributed by atoms with Gasteiger partial charge >= 0.3 is 11.9 Å². The Morgan fingerprint density at radius 1 is 0.324 bits per heavy atom. The zero-order chi connectivity index (χ0) is 51.3. The largest absolute Gasteiger partial charge is 0.462 e. The summed E-state index contributed by atoms with van der Waals surface area (Å²) in [5, 5.41) is 9.66. The van der Waals surface area contributed by atoms with Gasteiger partial charge in [0.25, 0.3) is 0 Å². The number of aliphatic hydroxyl groups is 1. The lowest BCUT2D eigenvalue weighted by molar-refractivity contribution is -0.161. The minimum atomic E-state index is -0.766. The van der Waals surface area contributed by atoms with Gasteiger partial charge < -0.3 is 14.6 Å². The van der Waals surface area contributed by atoms with E-state index in [1.807, 2.05) is 0 Å². The number of carbonyl (C=O) groups is 2. The molecule has 0 aliphatic carbocycles. The zero-order valence-corrected chi connectivity index (χ0v) is 48.3. The maximum atomic E-state index is 12.3. The first-order valence-electron chi connectivity index (χ1n) is 32.4. The fourth-order valence-electron chi connectivity index (χ4n) is 10.1. The Labute approximate surface area is 444 Å². The summed E-state index contributed by atoms with van der Waals surface area (Å²) in [6.45, 7) is 4.19. The molecule has 0 aromatic carbocycles. The maximum Gasteiger partial charge on any atom is 0.306 e. The smallest absolute Gasteiger partial charge is 0.306 e. The predicted octanol–water partition coefficient (Wildman–Crippen LogP) is 22.0. The van der Waals surface area contributed by atoms with Crippen molar-refractivity contribution in [3.05, 3.63) is 24.3 Å². The molecule has 71 heavy (non-hydrogen) atoms. The Kier molecular flexibility index (Phi) is 61.2. The van der Waals surface area contributed by atoms with E-state index in [9.17, 15) is 14.7 Å². The second-order valence-corrected chi connectivity index (χ2v) is 22.2. The van der Waals surface area contributed by atoms with Crippen molar-refractivity contribution in [2.75, 3.05) is 13.2 Å². The molecule has 1 atom stereocenters. The van der Waals surface area contributed by atoms with Gasteiger partial charge in [-0.2, -0.15) is 0 Å².